The van der Waals surface area contributed by atoms with Crippen molar-refractivity contribution in [3.63, 3.8) is 0 Å². The molecule has 0 bridgehead atoms. The summed E-state index contributed by atoms with van der Waals surface area (Å²) in [6.07, 6.45) is 0. The van der Waals surface area contributed by atoms with Gasteiger partial charge in [-0.3, -0.25) is 4.99 Å². The van der Waals surface area contributed by atoms with Gasteiger partial charge in [-0.2, -0.15) is 0 Å². The van der Waals surface area contributed by atoms with Crippen molar-refractivity contribution in [1.82, 2.24) is 0 Å². The molecule has 7 nitrogen and oxygen atoms in total. The number of hydrogen-bond donors (Lipinski definition) is 2. The van der Waals surface area contributed by atoms with Crippen LogP contribution in [0.5, 0.6) is 11.5 Å². The Hall–Kier alpha value is -1.77. The summed E-state index contributed by atoms with van der Waals surface area (Å²) in [7, 11) is 1.60. The average molecular weight is 355 g/mol. The van der Waals surface area contributed by atoms with E-state index in [-0.39, 0.29) is 5.75 Å². The molecule has 24 heavy (non-hydrogen) atoms. The van der Waals surface area contributed by atoms with Crippen LogP contribution in [0.4, 0.5) is 0 Å². The third-order valence-electron chi connectivity index (χ3n) is 3.43. The van der Waals surface area contributed by atoms with E-state index in [0.717, 1.165) is 0 Å². The average Bonchev–Trinajstić information content (AvgIpc) is 2.94. The number of thioether (sulfide) groups is 1. The minimum Gasteiger partial charge on any atom is -0.507 e. The normalized spacial score (nSPS) is 20.0. The summed E-state index contributed by atoms with van der Waals surface area (Å²) in [6, 6.07) is 4.90. The maximum absolute atomic E-state index is 11.3. The Kier molecular flexibility index (Phi) is 6.47. The van der Waals surface area contributed by atoms with Gasteiger partial charge in [-0.15, -0.1) is 11.8 Å². The van der Waals surface area contributed by atoms with Gasteiger partial charge in [0.05, 0.1) is 25.4 Å². The summed E-state index contributed by atoms with van der Waals surface area (Å²) < 4.78 is 15.9. The number of aromatic hydroxyl groups is 1. The van der Waals surface area contributed by atoms with Gasteiger partial charge in [-0.05, 0) is 19.1 Å². The molecule has 1 atom stereocenters. The quantitative estimate of drug-likeness (QED) is 0.652. The van der Waals surface area contributed by atoms with Crippen molar-refractivity contribution >= 4 is 22.8 Å². The van der Waals surface area contributed by atoms with Gasteiger partial charge < -0.3 is 24.4 Å². The lowest BCUT2D eigenvalue weighted by Crippen LogP contribution is -2.33. The molecule has 0 saturated carbocycles. The van der Waals surface area contributed by atoms with E-state index in [0.29, 0.717) is 48.5 Å². The number of carboxylic acids is 1. The van der Waals surface area contributed by atoms with E-state index in [9.17, 15) is 15.0 Å². The second-order valence-corrected chi connectivity index (χ2v) is 6.35. The molecule has 0 spiro atoms. The predicted octanol–water partition coefficient (Wildman–Crippen LogP) is 1.77. The van der Waals surface area contributed by atoms with E-state index in [1.807, 2.05) is 0 Å². The number of hydrogen-bond acceptors (Lipinski definition) is 7. The lowest BCUT2D eigenvalue weighted by molar-refractivity contribution is -0.141. The number of rotatable bonds is 9. The molecule has 132 valence electrons. The maximum Gasteiger partial charge on any atom is 0.332 e. The molecule has 0 saturated heterocycles. The molecule has 0 fully saturated rings. The monoisotopic (exact) mass is 355 g/mol. The lowest BCUT2D eigenvalue weighted by atomic mass is 10.1. The highest BCUT2D eigenvalue weighted by atomic mass is 32.2. The van der Waals surface area contributed by atoms with E-state index < -0.39 is 11.5 Å². The van der Waals surface area contributed by atoms with Gasteiger partial charge in [-0.25, -0.2) is 4.79 Å². The van der Waals surface area contributed by atoms with E-state index >= 15 is 0 Å². The van der Waals surface area contributed by atoms with Gasteiger partial charge in [0.1, 0.15) is 23.1 Å². The first-order valence-corrected chi connectivity index (χ1v) is 8.44. The Labute approximate surface area is 144 Å². The van der Waals surface area contributed by atoms with Crippen LogP contribution in [0.25, 0.3) is 0 Å². The van der Waals surface area contributed by atoms with Crippen molar-refractivity contribution in [1.29, 1.82) is 0 Å². The molecule has 1 heterocycles. The Bertz CT molecular complexity index is 621. The van der Waals surface area contributed by atoms with Crippen LogP contribution in [0.2, 0.25) is 0 Å². The van der Waals surface area contributed by atoms with E-state index in [1.54, 1.807) is 26.2 Å². The van der Waals surface area contributed by atoms with Crippen LogP contribution in [0, 0.1) is 0 Å². The zero-order valence-corrected chi connectivity index (χ0v) is 14.5. The molecule has 0 radical (unpaired) electrons. The molecular formula is C16H21NO6S. The summed E-state index contributed by atoms with van der Waals surface area (Å²) in [5, 5.41) is 19.9. The van der Waals surface area contributed by atoms with Crippen molar-refractivity contribution in [3.8, 4) is 11.5 Å². The van der Waals surface area contributed by atoms with Crippen LogP contribution in [-0.4, -0.2) is 66.1 Å². The maximum atomic E-state index is 11.3. The van der Waals surface area contributed by atoms with Gasteiger partial charge in [0, 0.05) is 12.9 Å². The Morgan fingerprint density at radius 1 is 1.33 bits per heavy atom. The Morgan fingerprint density at radius 3 is 2.75 bits per heavy atom. The summed E-state index contributed by atoms with van der Waals surface area (Å²) >= 11 is 1.29. The molecule has 0 aliphatic carbocycles. The summed E-state index contributed by atoms with van der Waals surface area (Å²) in [5.74, 6) is -0.222. The number of methoxy groups -OCH3 is 1. The van der Waals surface area contributed by atoms with Crippen LogP contribution in [0.1, 0.15) is 12.5 Å². The van der Waals surface area contributed by atoms with Crippen molar-refractivity contribution in [2.45, 2.75) is 12.5 Å². The van der Waals surface area contributed by atoms with Crippen LogP contribution in [-0.2, 0) is 14.3 Å². The fourth-order valence-corrected chi connectivity index (χ4v) is 3.27. The molecule has 2 N–H and O–H groups in total. The van der Waals surface area contributed by atoms with E-state index in [4.69, 9.17) is 14.2 Å². The van der Waals surface area contributed by atoms with Gasteiger partial charge in [0.15, 0.2) is 5.54 Å². The SMILES string of the molecule is COCCOCCOc1cccc(O)c1C1=N[C@@](C)(C(=O)O)CS1. The first-order chi connectivity index (χ1) is 11.5. The number of aliphatic carboxylic acids is 1. The zero-order valence-electron chi connectivity index (χ0n) is 13.7. The zero-order chi connectivity index (χ0) is 17.6. The molecule has 1 aromatic carbocycles. The standard InChI is InChI=1S/C16H21NO6S/c1-16(15(19)20)10-24-14(17-16)13-11(18)4-3-5-12(13)23-9-8-22-7-6-21-2/h3-5,18H,6-10H2,1-2H3,(H,19,20)/t16-/m1/s1. The highest BCUT2D eigenvalue weighted by Gasteiger charge is 2.39. The smallest absolute Gasteiger partial charge is 0.332 e. The number of aliphatic imine (C=N–C) groups is 1. The second-order valence-electron chi connectivity index (χ2n) is 5.39. The fraction of sp³-hybridized carbons (Fsp3) is 0.500. The Balaban J connectivity index is 2.09. The topological polar surface area (TPSA) is 97.6 Å². The molecule has 0 unspecified atom stereocenters. The lowest BCUT2D eigenvalue weighted by Gasteiger charge is -2.13. The highest BCUT2D eigenvalue weighted by Crippen LogP contribution is 2.38. The van der Waals surface area contributed by atoms with Crippen LogP contribution < -0.4 is 4.74 Å². The van der Waals surface area contributed by atoms with Gasteiger partial charge >= 0.3 is 5.97 Å². The molecule has 1 aromatic rings. The molecule has 2 rings (SSSR count). The van der Waals surface area contributed by atoms with Crippen molar-refractivity contribution in [2.24, 2.45) is 4.99 Å². The number of carboxylic acid groups (broad SMARTS) is 1. The number of benzene rings is 1. The van der Waals surface area contributed by atoms with Gasteiger partial charge in [-0.1, -0.05) is 6.07 Å². The van der Waals surface area contributed by atoms with Gasteiger partial charge in [0.25, 0.3) is 0 Å². The summed E-state index contributed by atoms with van der Waals surface area (Å²) in [6.45, 7) is 3.23. The second kappa shape index (κ2) is 8.36. The van der Waals surface area contributed by atoms with Crippen molar-refractivity contribution in [2.75, 3.05) is 39.3 Å². The largest absolute Gasteiger partial charge is 0.507 e. The molecule has 1 aliphatic heterocycles. The summed E-state index contributed by atoms with van der Waals surface area (Å²) in [5.41, 5.74) is -0.771. The van der Waals surface area contributed by atoms with E-state index in [1.165, 1.54) is 17.8 Å². The first kappa shape index (κ1) is 18.6. The molecule has 1 aliphatic rings. The third kappa shape index (κ3) is 4.40. The molecule has 8 heteroatoms. The number of phenols is 1. The molecular weight excluding hydrogens is 334 g/mol. The number of nitrogens with zero attached hydrogens (tertiary/aromatic N) is 1. The number of carbonyl (C=O) groups is 1. The summed E-state index contributed by atoms with van der Waals surface area (Å²) in [4.78, 5) is 15.6. The van der Waals surface area contributed by atoms with Crippen molar-refractivity contribution < 1.29 is 29.2 Å². The predicted molar refractivity (Wildman–Crippen MR) is 91.3 cm³/mol. The van der Waals surface area contributed by atoms with Crippen LogP contribution >= 0.6 is 11.8 Å². The highest BCUT2D eigenvalue weighted by molar-refractivity contribution is 8.14. The van der Waals surface area contributed by atoms with Gasteiger partial charge in [0.2, 0.25) is 0 Å². The molecule has 0 aromatic heterocycles. The van der Waals surface area contributed by atoms with Crippen molar-refractivity contribution in [3.05, 3.63) is 23.8 Å². The first-order valence-electron chi connectivity index (χ1n) is 7.46. The minimum absolute atomic E-state index is 0.00805. The van der Waals surface area contributed by atoms with E-state index in [2.05, 4.69) is 4.99 Å². The minimum atomic E-state index is -1.19. The number of ether oxygens (including phenoxy) is 3. The Morgan fingerprint density at radius 2 is 2.08 bits per heavy atom. The van der Waals surface area contributed by atoms with Crippen LogP contribution in [0.15, 0.2) is 23.2 Å². The third-order valence-corrected chi connectivity index (χ3v) is 4.71. The van der Waals surface area contributed by atoms with Crippen LogP contribution in [0.3, 0.4) is 0 Å². The molecule has 0 amide bonds. The number of phenolic OH excluding ortho intramolecular Hbond substituents is 1. The fourth-order valence-electron chi connectivity index (χ4n) is 2.04.